The monoisotopic (exact) mass is 364 g/mol. The van der Waals surface area contributed by atoms with Crippen molar-refractivity contribution in [2.75, 3.05) is 0 Å². The maximum Gasteiger partial charge on any atom is 0.164 e. The summed E-state index contributed by atoms with van der Waals surface area (Å²) in [6.07, 6.45) is 7.47. The Labute approximate surface area is 155 Å². The second-order valence-corrected chi connectivity index (χ2v) is 8.16. The molecule has 144 valence electrons. The highest BCUT2D eigenvalue weighted by molar-refractivity contribution is 5.79. The molecule has 0 radical (unpaired) electrons. The van der Waals surface area contributed by atoms with E-state index in [1.165, 1.54) is 0 Å². The van der Waals surface area contributed by atoms with Crippen molar-refractivity contribution in [1.29, 1.82) is 0 Å². The van der Waals surface area contributed by atoms with Crippen molar-refractivity contribution in [1.82, 2.24) is 0 Å². The molecule has 1 atom stereocenters. The van der Waals surface area contributed by atoms with Crippen molar-refractivity contribution in [3.63, 3.8) is 0 Å². The van der Waals surface area contributed by atoms with E-state index < -0.39 is 17.7 Å². The lowest BCUT2D eigenvalue weighted by Crippen LogP contribution is -2.25. The predicted molar refractivity (Wildman–Crippen MR) is 97.9 cm³/mol. The molecule has 0 amide bonds. The molecule has 2 fully saturated rings. The molecular formula is C22H30F2O2. The maximum absolute atomic E-state index is 14.6. The van der Waals surface area contributed by atoms with Gasteiger partial charge in [0.1, 0.15) is 5.78 Å². The van der Waals surface area contributed by atoms with Gasteiger partial charge in [0.25, 0.3) is 0 Å². The highest BCUT2D eigenvalue weighted by Crippen LogP contribution is 2.43. The number of Topliss-reactive ketones (excluding diaryl/α,β-unsaturated/α-hetero) is 1. The minimum atomic E-state index is -0.937. The highest BCUT2D eigenvalue weighted by atomic mass is 19.2. The Bertz CT molecular complexity index is 625. The number of rotatable bonds is 5. The normalized spacial score (nSPS) is 26.1. The fourth-order valence-corrected chi connectivity index (χ4v) is 4.92. The molecule has 1 aromatic rings. The molecule has 1 N–H and O–H groups in total. The molecular weight excluding hydrogens is 334 g/mol. The summed E-state index contributed by atoms with van der Waals surface area (Å²) in [5, 5.41) is 9.99. The van der Waals surface area contributed by atoms with Crippen molar-refractivity contribution in [3.05, 3.63) is 34.9 Å². The first-order valence-electron chi connectivity index (χ1n) is 10.2. The van der Waals surface area contributed by atoms with Crippen LogP contribution in [0.25, 0.3) is 0 Å². The average molecular weight is 364 g/mol. The standard InChI is InChI=1S/C22H30F2O2/c1-2-3-20(26)19-13-12-18(21(23)22(19)24)16-6-4-14(5-7-16)15-8-10-17(25)11-9-15/h12-16,20,26H,2-11H2,1H3. The van der Waals surface area contributed by atoms with E-state index >= 15 is 0 Å². The Hall–Kier alpha value is -1.29. The van der Waals surface area contributed by atoms with E-state index in [4.69, 9.17) is 0 Å². The fraction of sp³-hybridized carbons (Fsp3) is 0.682. The van der Waals surface area contributed by atoms with Crippen LogP contribution in [0.2, 0.25) is 0 Å². The first kappa shape index (κ1) is 19.5. The number of aliphatic hydroxyl groups is 1. The minimum Gasteiger partial charge on any atom is -0.388 e. The fourth-order valence-electron chi connectivity index (χ4n) is 4.92. The van der Waals surface area contributed by atoms with Crippen molar-refractivity contribution in [2.45, 2.75) is 83.2 Å². The maximum atomic E-state index is 14.6. The molecule has 0 aliphatic heterocycles. The van der Waals surface area contributed by atoms with Crippen molar-refractivity contribution in [3.8, 4) is 0 Å². The van der Waals surface area contributed by atoms with Crippen LogP contribution >= 0.6 is 0 Å². The molecule has 0 spiro atoms. The molecule has 1 aromatic carbocycles. The Morgan fingerprint density at radius 2 is 1.62 bits per heavy atom. The number of hydrogen-bond donors (Lipinski definition) is 1. The van der Waals surface area contributed by atoms with Gasteiger partial charge >= 0.3 is 0 Å². The van der Waals surface area contributed by atoms with Crippen LogP contribution in [-0.4, -0.2) is 10.9 Å². The van der Waals surface area contributed by atoms with Gasteiger partial charge in [-0.25, -0.2) is 8.78 Å². The van der Waals surface area contributed by atoms with Crippen molar-refractivity contribution in [2.24, 2.45) is 11.8 Å². The van der Waals surface area contributed by atoms with Crippen LogP contribution in [0.15, 0.2) is 12.1 Å². The molecule has 0 heterocycles. The van der Waals surface area contributed by atoms with Crippen LogP contribution in [0.4, 0.5) is 8.78 Å². The lowest BCUT2D eigenvalue weighted by atomic mass is 9.69. The lowest BCUT2D eigenvalue weighted by molar-refractivity contribution is -0.121. The van der Waals surface area contributed by atoms with E-state index in [0.717, 1.165) is 44.9 Å². The Balaban J connectivity index is 1.64. The second-order valence-electron chi connectivity index (χ2n) is 8.16. The summed E-state index contributed by atoms with van der Waals surface area (Å²) in [4.78, 5) is 11.4. The molecule has 2 saturated carbocycles. The Kier molecular flexibility index (Phi) is 6.44. The van der Waals surface area contributed by atoms with E-state index in [1.54, 1.807) is 12.1 Å². The third kappa shape index (κ3) is 4.16. The third-order valence-corrected chi connectivity index (χ3v) is 6.53. The summed E-state index contributed by atoms with van der Waals surface area (Å²) in [5.41, 5.74) is 0.542. The van der Waals surface area contributed by atoms with Gasteiger partial charge in [-0.2, -0.15) is 0 Å². The zero-order valence-corrected chi connectivity index (χ0v) is 15.6. The topological polar surface area (TPSA) is 37.3 Å². The van der Waals surface area contributed by atoms with E-state index in [1.807, 2.05) is 6.92 Å². The Morgan fingerprint density at radius 1 is 1.00 bits per heavy atom. The summed E-state index contributed by atoms with van der Waals surface area (Å²) < 4.78 is 29.0. The van der Waals surface area contributed by atoms with Gasteiger partial charge in [0.05, 0.1) is 6.10 Å². The summed E-state index contributed by atoms with van der Waals surface area (Å²) in [6, 6.07) is 3.24. The molecule has 2 nitrogen and oxygen atoms in total. The van der Waals surface area contributed by atoms with E-state index in [0.29, 0.717) is 42.4 Å². The van der Waals surface area contributed by atoms with E-state index in [9.17, 15) is 18.7 Å². The van der Waals surface area contributed by atoms with Crippen LogP contribution < -0.4 is 0 Å². The van der Waals surface area contributed by atoms with E-state index in [2.05, 4.69) is 0 Å². The van der Waals surface area contributed by atoms with Gasteiger partial charge < -0.3 is 5.11 Å². The SMILES string of the molecule is CCCC(O)c1ccc(C2CCC(C3CCC(=O)CC3)CC2)c(F)c1F. The van der Waals surface area contributed by atoms with Crippen LogP contribution in [0.5, 0.6) is 0 Å². The molecule has 2 aliphatic rings. The van der Waals surface area contributed by atoms with Crippen LogP contribution in [0.1, 0.15) is 94.3 Å². The van der Waals surface area contributed by atoms with Crippen molar-refractivity contribution < 1.29 is 18.7 Å². The van der Waals surface area contributed by atoms with Gasteiger partial charge in [0.15, 0.2) is 11.6 Å². The van der Waals surface area contributed by atoms with Gasteiger partial charge in [-0.1, -0.05) is 25.5 Å². The number of ketones is 1. The number of hydrogen-bond acceptors (Lipinski definition) is 2. The number of carbonyl (C=O) groups is 1. The smallest absolute Gasteiger partial charge is 0.164 e. The van der Waals surface area contributed by atoms with Gasteiger partial charge in [-0.05, 0) is 68.3 Å². The van der Waals surface area contributed by atoms with Gasteiger partial charge in [-0.3, -0.25) is 4.79 Å². The van der Waals surface area contributed by atoms with Crippen LogP contribution in [0.3, 0.4) is 0 Å². The van der Waals surface area contributed by atoms with Gasteiger partial charge in [0, 0.05) is 18.4 Å². The Morgan fingerprint density at radius 3 is 2.23 bits per heavy atom. The quantitative estimate of drug-likeness (QED) is 0.713. The predicted octanol–water partition coefficient (Wildman–Crippen LogP) is 5.83. The van der Waals surface area contributed by atoms with E-state index in [-0.39, 0.29) is 11.5 Å². The lowest BCUT2D eigenvalue weighted by Gasteiger charge is -2.35. The molecule has 4 heteroatoms. The summed E-state index contributed by atoms with van der Waals surface area (Å²) in [6.45, 7) is 1.91. The summed E-state index contributed by atoms with van der Waals surface area (Å²) in [5.74, 6) is 0.0432. The summed E-state index contributed by atoms with van der Waals surface area (Å²) in [7, 11) is 0. The van der Waals surface area contributed by atoms with Crippen LogP contribution in [0, 0.1) is 23.5 Å². The average Bonchev–Trinajstić information content (AvgIpc) is 2.65. The molecule has 0 saturated heterocycles. The highest BCUT2D eigenvalue weighted by Gasteiger charge is 2.32. The molecule has 3 rings (SSSR count). The molecule has 2 aliphatic carbocycles. The van der Waals surface area contributed by atoms with Gasteiger partial charge in [0.2, 0.25) is 0 Å². The largest absolute Gasteiger partial charge is 0.388 e. The van der Waals surface area contributed by atoms with Gasteiger partial charge in [-0.15, -0.1) is 0 Å². The molecule has 26 heavy (non-hydrogen) atoms. The summed E-state index contributed by atoms with van der Waals surface area (Å²) >= 11 is 0. The third-order valence-electron chi connectivity index (χ3n) is 6.53. The molecule has 0 bridgehead atoms. The number of aliphatic hydroxyl groups excluding tert-OH is 1. The number of carbonyl (C=O) groups excluding carboxylic acids is 1. The second kappa shape index (κ2) is 8.60. The molecule has 0 aromatic heterocycles. The zero-order valence-electron chi connectivity index (χ0n) is 15.6. The first-order valence-corrected chi connectivity index (χ1v) is 10.2. The number of halogens is 2. The number of benzene rings is 1. The van der Waals surface area contributed by atoms with Crippen LogP contribution in [-0.2, 0) is 4.79 Å². The molecule has 1 unspecified atom stereocenters. The van der Waals surface area contributed by atoms with Crippen molar-refractivity contribution >= 4 is 5.78 Å². The minimum absolute atomic E-state index is 0.0586. The first-order chi connectivity index (χ1) is 12.5. The zero-order chi connectivity index (χ0) is 18.7.